The molecule has 1 aliphatic heterocycles. The van der Waals surface area contributed by atoms with Crippen LogP contribution in [0, 0.1) is 39.7 Å². The molecule has 0 unspecified atom stereocenters. The second-order valence-electron chi connectivity index (χ2n) is 12.2. The van der Waals surface area contributed by atoms with Gasteiger partial charge in [-0.1, -0.05) is 12.1 Å². The number of nitriles is 2. The number of hydrogen-bond acceptors (Lipinski definition) is 9. The lowest BCUT2D eigenvalue weighted by atomic mass is 10.0. The number of hydrogen-bond donors (Lipinski definition) is 1. The first-order valence-electron chi connectivity index (χ1n) is 15.7. The number of halogens is 2. The number of fused-ring (bicyclic) bond motifs is 1. The minimum absolute atomic E-state index is 0.0172. The SMILES string of the molecule is COC=O.N#CCC1(Cn2c(CN3CCC(Oc4cccc(OCc5ccc(C#N)cc5F)c4)CC3)nc3c(F)cc(C(=O)O)cc32)CC1. The topological polar surface area (TPSA) is 151 Å². The molecule has 3 aromatic carbocycles. The molecule has 254 valence electrons. The van der Waals surface area contributed by atoms with Gasteiger partial charge in [0.2, 0.25) is 0 Å². The summed E-state index contributed by atoms with van der Waals surface area (Å²) < 4.78 is 47.0. The van der Waals surface area contributed by atoms with Gasteiger partial charge in [-0.25, -0.2) is 18.6 Å². The molecular formula is C36H35F2N5O6. The number of methoxy groups -OCH3 is 1. The number of ether oxygens (including phenoxy) is 3. The van der Waals surface area contributed by atoms with Crippen LogP contribution in [0.5, 0.6) is 11.5 Å². The van der Waals surface area contributed by atoms with E-state index < -0.39 is 17.6 Å². The number of imidazole rings is 1. The lowest BCUT2D eigenvalue weighted by molar-refractivity contribution is -0.126. The monoisotopic (exact) mass is 671 g/mol. The van der Waals surface area contributed by atoms with Crippen LogP contribution in [-0.2, 0) is 29.2 Å². The Balaban J connectivity index is 0.00000111. The van der Waals surface area contributed by atoms with Gasteiger partial charge in [-0.05, 0) is 62.1 Å². The fourth-order valence-corrected chi connectivity index (χ4v) is 5.83. The standard InChI is InChI=1S/C34H31F2N5O4.C2H4O2/c35-28-14-22(18-38)4-5-23(28)20-44-26-2-1-3-27(17-26)45-25-6-12-40(13-7-25)19-31-39-32-29(36)15-24(33(42)43)16-30(32)41(31)21-34(8-9-34)10-11-37;1-4-2-3/h1-5,14-17,25H,6-10,12-13,19-21H2,(H,42,43);2H,1H3. The van der Waals surface area contributed by atoms with Crippen molar-refractivity contribution >= 4 is 23.5 Å². The molecule has 1 N–H and O–H groups in total. The van der Waals surface area contributed by atoms with Crippen LogP contribution in [0.25, 0.3) is 11.0 Å². The molecule has 0 amide bonds. The number of carboxylic acids is 1. The van der Waals surface area contributed by atoms with Crippen molar-refractivity contribution in [3.05, 3.63) is 88.7 Å². The van der Waals surface area contributed by atoms with Gasteiger partial charge in [0.15, 0.2) is 5.82 Å². The van der Waals surface area contributed by atoms with Crippen molar-refractivity contribution in [1.82, 2.24) is 14.5 Å². The van der Waals surface area contributed by atoms with Gasteiger partial charge in [-0.15, -0.1) is 0 Å². The van der Waals surface area contributed by atoms with Gasteiger partial charge in [0.05, 0.1) is 42.4 Å². The number of carboxylic acid groups (broad SMARTS) is 1. The van der Waals surface area contributed by atoms with Gasteiger partial charge < -0.3 is 23.9 Å². The van der Waals surface area contributed by atoms with Crippen LogP contribution in [0.1, 0.15) is 59.4 Å². The summed E-state index contributed by atoms with van der Waals surface area (Å²) in [6, 6.07) is 18.1. The third-order valence-corrected chi connectivity index (χ3v) is 8.72. The number of piperidine rings is 1. The lowest BCUT2D eigenvalue weighted by Gasteiger charge is -2.32. The summed E-state index contributed by atoms with van der Waals surface area (Å²) in [5, 5.41) is 27.8. The van der Waals surface area contributed by atoms with Crippen molar-refractivity contribution in [2.24, 2.45) is 5.41 Å². The molecule has 0 atom stereocenters. The maximum absolute atomic E-state index is 15.0. The molecule has 1 aromatic heterocycles. The number of aromatic carboxylic acids is 1. The fraction of sp³-hybridized carbons (Fsp3) is 0.361. The van der Waals surface area contributed by atoms with Crippen molar-refractivity contribution in [2.75, 3.05) is 20.2 Å². The predicted molar refractivity (Wildman–Crippen MR) is 172 cm³/mol. The summed E-state index contributed by atoms with van der Waals surface area (Å²) in [6.45, 7) is 2.78. The van der Waals surface area contributed by atoms with Gasteiger partial charge in [0, 0.05) is 43.1 Å². The first-order chi connectivity index (χ1) is 23.7. The van der Waals surface area contributed by atoms with Crippen LogP contribution in [0.3, 0.4) is 0 Å². The summed E-state index contributed by atoms with van der Waals surface area (Å²) in [6.07, 6.45) is 3.63. The van der Waals surface area contributed by atoms with Crippen LogP contribution in [-0.4, -0.2) is 58.3 Å². The van der Waals surface area contributed by atoms with Crippen molar-refractivity contribution in [2.45, 2.75) is 57.9 Å². The summed E-state index contributed by atoms with van der Waals surface area (Å²) >= 11 is 0. The van der Waals surface area contributed by atoms with Crippen molar-refractivity contribution in [3.63, 3.8) is 0 Å². The highest BCUT2D eigenvalue weighted by Gasteiger charge is 2.43. The van der Waals surface area contributed by atoms with E-state index in [0.717, 1.165) is 31.7 Å². The van der Waals surface area contributed by atoms with E-state index in [2.05, 4.69) is 20.7 Å². The van der Waals surface area contributed by atoms with E-state index in [1.165, 1.54) is 25.3 Å². The van der Waals surface area contributed by atoms with E-state index in [1.54, 1.807) is 18.2 Å². The minimum Gasteiger partial charge on any atom is -0.490 e. The molecule has 2 heterocycles. The number of likely N-dealkylation sites (tertiary alicyclic amines) is 1. The molecule has 1 saturated carbocycles. The average Bonchev–Trinajstić information content (AvgIpc) is 3.78. The van der Waals surface area contributed by atoms with Gasteiger partial charge >= 0.3 is 5.97 Å². The minimum atomic E-state index is -1.21. The zero-order valence-electron chi connectivity index (χ0n) is 26.9. The fourth-order valence-electron chi connectivity index (χ4n) is 5.83. The van der Waals surface area contributed by atoms with Crippen molar-refractivity contribution in [3.8, 4) is 23.6 Å². The Hall–Kier alpha value is -5.53. The number of rotatable bonds is 12. The maximum Gasteiger partial charge on any atom is 0.335 e. The van der Waals surface area contributed by atoms with Gasteiger partial charge in [-0.2, -0.15) is 10.5 Å². The first kappa shape index (κ1) is 34.8. The molecule has 4 aromatic rings. The molecular weight excluding hydrogens is 636 g/mol. The maximum atomic E-state index is 15.0. The molecule has 1 saturated heterocycles. The Labute approximate surface area is 281 Å². The van der Waals surface area contributed by atoms with E-state index in [-0.39, 0.29) is 34.8 Å². The second-order valence-corrected chi connectivity index (χ2v) is 12.2. The molecule has 11 nitrogen and oxygen atoms in total. The largest absolute Gasteiger partial charge is 0.490 e. The Morgan fingerprint density at radius 1 is 1.08 bits per heavy atom. The number of aromatic nitrogens is 2. The summed E-state index contributed by atoms with van der Waals surface area (Å²) in [7, 11) is 1.31. The summed E-state index contributed by atoms with van der Waals surface area (Å²) in [4.78, 5) is 27.4. The Bertz CT molecular complexity index is 1900. The molecule has 0 spiro atoms. The molecule has 0 bridgehead atoms. The first-order valence-corrected chi connectivity index (χ1v) is 15.7. The average molecular weight is 672 g/mol. The van der Waals surface area contributed by atoms with Crippen LogP contribution >= 0.6 is 0 Å². The van der Waals surface area contributed by atoms with E-state index in [4.69, 9.17) is 19.5 Å². The second kappa shape index (κ2) is 15.6. The predicted octanol–water partition coefficient (Wildman–Crippen LogP) is 5.99. The van der Waals surface area contributed by atoms with Gasteiger partial charge in [0.25, 0.3) is 6.47 Å². The zero-order chi connectivity index (χ0) is 35.0. The highest BCUT2D eigenvalue weighted by molar-refractivity contribution is 5.92. The normalized spacial score (nSPS) is 15.3. The van der Waals surface area contributed by atoms with E-state index in [9.17, 15) is 23.9 Å². The van der Waals surface area contributed by atoms with Gasteiger partial charge in [0.1, 0.15) is 41.4 Å². The zero-order valence-corrected chi connectivity index (χ0v) is 26.9. The Kier molecular flexibility index (Phi) is 11.1. The molecule has 49 heavy (non-hydrogen) atoms. The molecule has 1 aliphatic carbocycles. The van der Waals surface area contributed by atoms with Crippen LogP contribution < -0.4 is 9.47 Å². The van der Waals surface area contributed by atoms with E-state index >= 15 is 0 Å². The molecule has 13 heteroatoms. The quantitative estimate of drug-likeness (QED) is 0.178. The van der Waals surface area contributed by atoms with Crippen molar-refractivity contribution < 1.29 is 37.7 Å². The highest BCUT2D eigenvalue weighted by atomic mass is 19.1. The van der Waals surface area contributed by atoms with E-state index in [1.807, 2.05) is 22.8 Å². The molecule has 0 radical (unpaired) electrons. The molecule has 2 aliphatic rings. The summed E-state index contributed by atoms with van der Waals surface area (Å²) in [5.41, 5.74) is 0.859. The number of carbonyl (C=O) groups excluding carboxylic acids is 1. The number of benzene rings is 3. The molecule has 6 rings (SSSR count). The third kappa shape index (κ3) is 8.69. The molecule has 2 fully saturated rings. The van der Waals surface area contributed by atoms with Crippen LogP contribution in [0.2, 0.25) is 0 Å². The smallest absolute Gasteiger partial charge is 0.335 e. The lowest BCUT2D eigenvalue weighted by Crippen LogP contribution is -2.38. The number of nitrogens with zero attached hydrogens (tertiary/aromatic N) is 5. The third-order valence-electron chi connectivity index (χ3n) is 8.72. The van der Waals surface area contributed by atoms with Gasteiger partial charge in [-0.3, -0.25) is 9.69 Å². The van der Waals surface area contributed by atoms with Crippen molar-refractivity contribution in [1.29, 1.82) is 10.5 Å². The highest BCUT2D eigenvalue weighted by Crippen LogP contribution is 2.50. The van der Waals surface area contributed by atoms with E-state index in [0.29, 0.717) is 67.5 Å². The Morgan fingerprint density at radius 3 is 2.45 bits per heavy atom. The van der Waals surface area contributed by atoms with Crippen LogP contribution in [0.4, 0.5) is 8.78 Å². The Morgan fingerprint density at radius 2 is 1.82 bits per heavy atom. The summed E-state index contributed by atoms with van der Waals surface area (Å²) in [5.74, 6) is -0.537. The number of carbonyl (C=O) groups is 2. The van der Waals surface area contributed by atoms with Crippen LogP contribution in [0.15, 0.2) is 54.6 Å².